The van der Waals surface area contributed by atoms with E-state index < -0.39 is 0 Å². The lowest BCUT2D eigenvalue weighted by Gasteiger charge is -2.09. The number of ether oxygens (including phenoxy) is 1. The van der Waals surface area contributed by atoms with E-state index >= 15 is 0 Å². The summed E-state index contributed by atoms with van der Waals surface area (Å²) in [6.07, 6.45) is 1.44. The molecule has 0 radical (unpaired) electrons. The van der Waals surface area contributed by atoms with Crippen molar-refractivity contribution < 1.29 is 9.84 Å². The maximum absolute atomic E-state index is 8.99. The summed E-state index contributed by atoms with van der Waals surface area (Å²) in [4.78, 5) is 0. The molecule has 1 aromatic rings. The Kier molecular flexibility index (Phi) is 4.90. The van der Waals surface area contributed by atoms with Crippen LogP contribution in [0, 0.1) is 5.92 Å². The van der Waals surface area contributed by atoms with E-state index in [4.69, 9.17) is 9.84 Å². The standard InChI is InChI=1S/C14H20O2/c1-11(2)10-16-14-8-6-13(7-9-14)5-4-12(3)15/h6-9,11,15H,3-5,10H2,1-2H3. The maximum Gasteiger partial charge on any atom is 0.119 e. The predicted octanol–water partition coefficient (Wildman–Crippen LogP) is 3.73. The third-order valence-corrected chi connectivity index (χ3v) is 2.21. The van der Waals surface area contributed by atoms with Gasteiger partial charge in [0.15, 0.2) is 0 Å². The minimum atomic E-state index is 0.236. The summed E-state index contributed by atoms with van der Waals surface area (Å²) < 4.78 is 5.58. The molecule has 0 aliphatic heterocycles. The summed E-state index contributed by atoms with van der Waals surface area (Å²) in [5.74, 6) is 1.68. The van der Waals surface area contributed by atoms with Crippen molar-refractivity contribution >= 4 is 0 Å². The Morgan fingerprint density at radius 2 is 1.94 bits per heavy atom. The van der Waals surface area contributed by atoms with Crippen molar-refractivity contribution in [2.24, 2.45) is 5.92 Å². The molecule has 0 heterocycles. The number of aryl methyl sites for hydroxylation is 1. The van der Waals surface area contributed by atoms with Gasteiger partial charge in [-0.15, -0.1) is 0 Å². The highest BCUT2D eigenvalue weighted by Crippen LogP contribution is 2.15. The minimum Gasteiger partial charge on any atom is -0.513 e. The lowest BCUT2D eigenvalue weighted by molar-refractivity contribution is 0.271. The zero-order valence-corrected chi connectivity index (χ0v) is 10.1. The third kappa shape index (κ3) is 4.87. The molecule has 0 saturated carbocycles. The van der Waals surface area contributed by atoms with Gasteiger partial charge in [0.2, 0.25) is 0 Å². The first-order valence-corrected chi connectivity index (χ1v) is 5.66. The lowest BCUT2D eigenvalue weighted by Crippen LogP contribution is -2.04. The number of aliphatic hydroxyl groups excluding tert-OH is 1. The molecule has 0 bridgehead atoms. The molecule has 0 unspecified atom stereocenters. The van der Waals surface area contributed by atoms with Crippen molar-refractivity contribution in [2.75, 3.05) is 6.61 Å². The number of benzene rings is 1. The Morgan fingerprint density at radius 1 is 1.31 bits per heavy atom. The average Bonchev–Trinajstić information content (AvgIpc) is 2.25. The minimum absolute atomic E-state index is 0.236. The van der Waals surface area contributed by atoms with Crippen molar-refractivity contribution in [3.63, 3.8) is 0 Å². The SMILES string of the molecule is C=C(O)CCc1ccc(OCC(C)C)cc1. The van der Waals surface area contributed by atoms with E-state index in [0.717, 1.165) is 18.8 Å². The first-order valence-electron chi connectivity index (χ1n) is 5.66. The van der Waals surface area contributed by atoms with Crippen LogP contribution >= 0.6 is 0 Å². The highest BCUT2D eigenvalue weighted by molar-refractivity contribution is 5.27. The fourth-order valence-corrected chi connectivity index (χ4v) is 1.30. The van der Waals surface area contributed by atoms with Crippen molar-refractivity contribution in [1.82, 2.24) is 0 Å². The van der Waals surface area contributed by atoms with E-state index in [-0.39, 0.29) is 5.76 Å². The Bertz CT molecular complexity index is 325. The molecule has 0 saturated heterocycles. The van der Waals surface area contributed by atoms with Crippen LogP contribution < -0.4 is 4.74 Å². The van der Waals surface area contributed by atoms with E-state index in [1.165, 1.54) is 5.56 Å². The van der Waals surface area contributed by atoms with E-state index in [1.54, 1.807) is 0 Å². The van der Waals surface area contributed by atoms with Crippen molar-refractivity contribution in [2.45, 2.75) is 26.7 Å². The van der Waals surface area contributed by atoms with Gasteiger partial charge in [-0.2, -0.15) is 0 Å². The van der Waals surface area contributed by atoms with Gasteiger partial charge >= 0.3 is 0 Å². The van der Waals surface area contributed by atoms with Gasteiger partial charge in [-0.3, -0.25) is 0 Å². The smallest absolute Gasteiger partial charge is 0.119 e. The Morgan fingerprint density at radius 3 is 2.44 bits per heavy atom. The van der Waals surface area contributed by atoms with Crippen LogP contribution in [-0.4, -0.2) is 11.7 Å². The van der Waals surface area contributed by atoms with Gasteiger partial charge in [0.25, 0.3) is 0 Å². The molecule has 2 nitrogen and oxygen atoms in total. The first kappa shape index (κ1) is 12.6. The molecular formula is C14H20O2. The maximum atomic E-state index is 8.99. The Balaban J connectivity index is 2.44. The zero-order chi connectivity index (χ0) is 12.0. The van der Waals surface area contributed by atoms with Crippen LogP contribution in [0.15, 0.2) is 36.6 Å². The molecule has 1 aromatic carbocycles. The van der Waals surface area contributed by atoms with Crippen LogP contribution in [0.4, 0.5) is 0 Å². The number of hydrogen-bond donors (Lipinski definition) is 1. The molecule has 0 aliphatic carbocycles. The summed E-state index contributed by atoms with van der Waals surface area (Å²) in [6.45, 7) is 8.46. The average molecular weight is 220 g/mol. The second-order valence-electron chi connectivity index (χ2n) is 4.42. The summed E-state index contributed by atoms with van der Waals surface area (Å²) >= 11 is 0. The normalized spacial score (nSPS) is 10.4. The largest absolute Gasteiger partial charge is 0.513 e. The molecular weight excluding hydrogens is 200 g/mol. The molecule has 0 aromatic heterocycles. The molecule has 88 valence electrons. The number of aliphatic hydroxyl groups is 1. The van der Waals surface area contributed by atoms with E-state index in [0.29, 0.717) is 12.3 Å². The van der Waals surface area contributed by atoms with Crippen LogP contribution in [0.2, 0.25) is 0 Å². The summed E-state index contributed by atoms with van der Waals surface area (Å²) in [5.41, 5.74) is 1.19. The number of hydrogen-bond acceptors (Lipinski definition) is 2. The second-order valence-corrected chi connectivity index (χ2v) is 4.42. The number of rotatable bonds is 6. The topological polar surface area (TPSA) is 29.5 Å². The van der Waals surface area contributed by atoms with Gasteiger partial charge in [-0.25, -0.2) is 0 Å². The van der Waals surface area contributed by atoms with Crippen LogP contribution in [0.5, 0.6) is 5.75 Å². The molecule has 1 rings (SSSR count). The number of allylic oxidation sites excluding steroid dienone is 1. The molecule has 0 atom stereocenters. The quantitative estimate of drug-likeness (QED) is 0.740. The third-order valence-electron chi connectivity index (χ3n) is 2.21. The monoisotopic (exact) mass is 220 g/mol. The highest BCUT2D eigenvalue weighted by atomic mass is 16.5. The predicted molar refractivity (Wildman–Crippen MR) is 66.9 cm³/mol. The van der Waals surface area contributed by atoms with Crippen molar-refractivity contribution in [3.8, 4) is 5.75 Å². The highest BCUT2D eigenvalue weighted by Gasteiger charge is 1.98. The molecule has 0 fully saturated rings. The molecule has 16 heavy (non-hydrogen) atoms. The molecule has 0 amide bonds. The fourth-order valence-electron chi connectivity index (χ4n) is 1.30. The van der Waals surface area contributed by atoms with Crippen LogP contribution in [0.1, 0.15) is 25.8 Å². The van der Waals surface area contributed by atoms with Crippen molar-refractivity contribution in [1.29, 1.82) is 0 Å². The van der Waals surface area contributed by atoms with Gasteiger partial charge in [-0.1, -0.05) is 32.6 Å². The van der Waals surface area contributed by atoms with E-state index in [1.807, 2.05) is 24.3 Å². The van der Waals surface area contributed by atoms with Gasteiger partial charge in [0.1, 0.15) is 5.75 Å². The van der Waals surface area contributed by atoms with Crippen LogP contribution in [-0.2, 0) is 6.42 Å². The molecule has 0 spiro atoms. The van der Waals surface area contributed by atoms with Crippen molar-refractivity contribution in [3.05, 3.63) is 42.2 Å². The molecule has 2 heteroatoms. The molecule has 0 aliphatic rings. The van der Waals surface area contributed by atoms with Gasteiger partial charge < -0.3 is 9.84 Å². The van der Waals surface area contributed by atoms with Crippen LogP contribution in [0.3, 0.4) is 0 Å². The lowest BCUT2D eigenvalue weighted by atomic mass is 10.1. The summed E-state index contributed by atoms with van der Waals surface area (Å²) in [5, 5.41) is 8.99. The zero-order valence-electron chi connectivity index (χ0n) is 10.1. The van der Waals surface area contributed by atoms with Gasteiger partial charge in [0.05, 0.1) is 12.4 Å². The van der Waals surface area contributed by atoms with E-state index in [9.17, 15) is 0 Å². The first-order chi connectivity index (χ1) is 7.58. The van der Waals surface area contributed by atoms with Gasteiger partial charge in [-0.05, 0) is 30.0 Å². The fraction of sp³-hybridized carbons (Fsp3) is 0.429. The Hall–Kier alpha value is -1.44. The molecule has 1 N–H and O–H groups in total. The second kappa shape index (κ2) is 6.21. The van der Waals surface area contributed by atoms with E-state index in [2.05, 4.69) is 20.4 Å². The summed E-state index contributed by atoms with van der Waals surface area (Å²) in [7, 11) is 0. The van der Waals surface area contributed by atoms with Gasteiger partial charge in [0, 0.05) is 6.42 Å². The summed E-state index contributed by atoms with van der Waals surface area (Å²) in [6, 6.07) is 7.99. The Labute approximate surface area is 97.6 Å². The van der Waals surface area contributed by atoms with Crippen LogP contribution in [0.25, 0.3) is 0 Å².